The molecule has 2 N–H and O–H groups in total. The molecule has 0 aliphatic rings. The molecule has 0 spiro atoms. The van der Waals surface area contributed by atoms with Crippen LogP contribution in [0.4, 0.5) is 13.2 Å². The first kappa shape index (κ1) is 17.7. The Bertz CT molecular complexity index is 206. The molecule has 0 fully saturated rings. The van der Waals surface area contributed by atoms with Gasteiger partial charge in [-0.3, -0.25) is 0 Å². The average molecular weight is 271 g/mol. The van der Waals surface area contributed by atoms with Gasteiger partial charge in [0.15, 0.2) is 0 Å². The Labute approximate surface area is 107 Å². The number of rotatable bonds is 10. The summed E-state index contributed by atoms with van der Waals surface area (Å²) in [6.45, 7) is 3.62. The molecule has 0 saturated carbocycles. The van der Waals surface area contributed by atoms with Gasteiger partial charge in [-0.25, -0.2) is 0 Å². The third-order valence-corrected chi connectivity index (χ3v) is 2.94. The summed E-state index contributed by atoms with van der Waals surface area (Å²) in [7, 11) is 0. The second-order valence-electron chi connectivity index (χ2n) is 4.49. The molecular weight excluding hydrogens is 247 g/mol. The van der Waals surface area contributed by atoms with E-state index in [0.717, 1.165) is 19.4 Å². The maximum atomic E-state index is 11.8. The van der Waals surface area contributed by atoms with Crippen LogP contribution in [0, 0.1) is 0 Å². The molecule has 0 aromatic rings. The first-order valence-electron chi connectivity index (χ1n) is 6.39. The van der Waals surface area contributed by atoms with E-state index in [2.05, 4.69) is 10.1 Å². The second kappa shape index (κ2) is 8.72. The van der Waals surface area contributed by atoms with E-state index in [1.807, 2.05) is 13.8 Å². The lowest BCUT2D eigenvalue weighted by molar-refractivity contribution is -0.174. The lowest BCUT2D eigenvalue weighted by atomic mass is 9.91. The molecule has 6 heteroatoms. The van der Waals surface area contributed by atoms with Crippen molar-refractivity contribution in [3.8, 4) is 0 Å². The molecule has 0 rings (SSSR count). The van der Waals surface area contributed by atoms with Crippen molar-refractivity contribution in [3.05, 3.63) is 0 Å². The van der Waals surface area contributed by atoms with Gasteiger partial charge in [-0.1, -0.05) is 13.8 Å². The van der Waals surface area contributed by atoms with Gasteiger partial charge < -0.3 is 15.2 Å². The minimum Gasteiger partial charge on any atom is -0.394 e. The highest BCUT2D eigenvalue weighted by Crippen LogP contribution is 2.18. The van der Waals surface area contributed by atoms with E-state index in [1.54, 1.807) is 0 Å². The first-order valence-corrected chi connectivity index (χ1v) is 6.39. The maximum Gasteiger partial charge on any atom is 0.411 e. The van der Waals surface area contributed by atoms with Crippen LogP contribution in [-0.4, -0.2) is 43.2 Å². The van der Waals surface area contributed by atoms with Crippen LogP contribution in [0.5, 0.6) is 0 Å². The summed E-state index contributed by atoms with van der Waals surface area (Å²) in [5.41, 5.74) is -0.391. The zero-order valence-corrected chi connectivity index (χ0v) is 11.1. The number of halogens is 3. The standard InChI is InChI=1S/C12H24F3NO2/c1-3-7-16-11(4-2,9-17)6-5-8-18-10-12(13,14)15/h16-17H,3-10H2,1-2H3. The molecule has 0 aromatic carbocycles. The van der Waals surface area contributed by atoms with Crippen molar-refractivity contribution in [1.29, 1.82) is 0 Å². The predicted molar refractivity (Wildman–Crippen MR) is 64.5 cm³/mol. The van der Waals surface area contributed by atoms with E-state index in [0.29, 0.717) is 12.8 Å². The summed E-state index contributed by atoms with van der Waals surface area (Å²) in [6, 6.07) is 0. The molecule has 1 unspecified atom stereocenters. The van der Waals surface area contributed by atoms with Crippen LogP contribution in [0.25, 0.3) is 0 Å². The molecule has 1 atom stereocenters. The molecule has 0 bridgehead atoms. The van der Waals surface area contributed by atoms with Gasteiger partial charge in [-0.05, 0) is 32.2 Å². The Hall–Kier alpha value is -0.330. The summed E-state index contributed by atoms with van der Waals surface area (Å²) >= 11 is 0. The van der Waals surface area contributed by atoms with Crippen molar-refractivity contribution in [2.24, 2.45) is 0 Å². The largest absolute Gasteiger partial charge is 0.411 e. The molecular formula is C12H24F3NO2. The molecule has 0 aliphatic carbocycles. The van der Waals surface area contributed by atoms with Gasteiger partial charge in [0.25, 0.3) is 0 Å². The lowest BCUT2D eigenvalue weighted by Gasteiger charge is -2.32. The predicted octanol–water partition coefficient (Wildman–Crippen LogP) is 2.49. The number of aliphatic hydroxyl groups is 1. The quantitative estimate of drug-likeness (QED) is 0.600. The van der Waals surface area contributed by atoms with Crippen LogP contribution in [0.1, 0.15) is 39.5 Å². The van der Waals surface area contributed by atoms with Crippen LogP contribution in [0.15, 0.2) is 0 Å². The lowest BCUT2D eigenvalue weighted by Crippen LogP contribution is -2.48. The first-order chi connectivity index (χ1) is 8.39. The van der Waals surface area contributed by atoms with Gasteiger partial charge in [0.2, 0.25) is 0 Å². The molecule has 0 radical (unpaired) electrons. The minimum absolute atomic E-state index is 0.0111. The van der Waals surface area contributed by atoms with Gasteiger partial charge in [0.05, 0.1) is 6.61 Å². The fourth-order valence-corrected chi connectivity index (χ4v) is 1.73. The minimum atomic E-state index is -4.26. The Morgan fingerprint density at radius 3 is 2.33 bits per heavy atom. The maximum absolute atomic E-state index is 11.8. The summed E-state index contributed by atoms with van der Waals surface area (Å²) in [5, 5.41) is 12.7. The van der Waals surface area contributed by atoms with Crippen molar-refractivity contribution in [1.82, 2.24) is 5.32 Å². The summed E-state index contributed by atoms with van der Waals surface area (Å²) in [6.07, 6.45) is -1.46. The Balaban J connectivity index is 3.90. The van der Waals surface area contributed by atoms with Gasteiger partial charge in [0, 0.05) is 12.1 Å². The van der Waals surface area contributed by atoms with Crippen LogP contribution in [-0.2, 0) is 4.74 Å². The Morgan fingerprint density at radius 2 is 1.89 bits per heavy atom. The normalized spacial score (nSPS) is 15.7. The number of alkyl halides is 3. The molecule has 0 aromatic heterocycles. The Morgan fingerprint density at radius 1 is 1.22 bits per heavy atom. The molecule has 0 aliphatic heterocycles. The monoisotopic (exact) mass is 271 g/mol. The van der Waals surface area contributed by atoms with E-state index < -0.39 is 18.3 Å². The molecule has 3 nitrogen and oxygen atoms in total. The molecule has 0 amide bonds. The van der Waals surface area contributed by atoms with Gasteiger partial charge in [0.1, 0.15) is 6.61 Å². The van der Waals surface area contributed by atoms with E-state index >= 15 is 0 Å². The average Bonchev–Trinajstić information content (AvgIpc) is 2.32. The van der Waals surface area contributed by atoms with Gasteiger partial charge >= 0.3 is 6.18 Å². The fraction of sp³-hybridized carbons (Fsp3) is 1.00. The third-order valence-electron chi connectivity index (χ3n) is 2.94. The Kier molecular flexibility index (Phi) is 8.56. The molecule has 110 valence electrons. The van der Waals surface area contributed by atoms with Crippen LogP contribution in [0.3, 0.4) is 0 Å². The van der Waals surface area contributed by atoms with E-state index in [1.165, 1.54) is 0 Å². The smallest absolute Gasteiger partial charge is 0.394 e. The highest BCUT2D eigenvalue weighted by atomic mass is 19.4. The van der Waals surface area contributed by atoms with E-state index in [9.17, 15) is 18.3 Å². The zero-order chi connectivity index (χ0) is 14.1. The zero-order valence-electron chi connectivity index (χ0n) is 11.1. The van der Waals surface area contributed by atoms with Crippen LogP contribution < -0.4 is 5.32 Å². The van der Waals surface area contributed by atoms with Crippen molar-refractivity contribution in [3.63, 3.8) is 0 Å². The van der Waals surface area contributed by atoms with Gasteiger partial charge in [-0.2, -0.15) is 13.2 Å². The van der Waals surface area contributed by atoms with E-state index in [4.69, 9.17) is 0 Å². The topological polar surface area (TPSA) is 41.5 Å². The third kappa shape index (κ3) is 7.89. The second-order valence-corrected chi connectivity index (χ2v) is 4.49. The van der Waals surface area contributed by atoms with Crippen molar-refractivity contribution in [2.45, 2.75) is 51.2 Å². The fourth-order valence-electron chi connectivity index (χ4n) is 1.73. The number of aliphatic hydroxyl groups excluding tert-OH is 1. The molecule has 0 heterocycles. The number of nitrogens with one attached hydrogen (secondary N) is 1. The van der Waals surface area contributed by atoms with Gasteiger partial charge in [-0.15, -0.1) is 0 Å². The molecule has 18 heavy (non-hydrogen) atoms. The number of hydrogen-bond donors (Lipinski definition) is 2. The SMILES string of the molecule is CCCNC(CC)(CO)CCCOCC(F)(F)F. The molecule has 0 saturated heterocycles. The number of hydrogen-bond acceptors (Lipinski definition) is 3. The van der Waals surface area contributed by atoms with Crippen molar-refractivity contribution in [2.75, 3.05) is 26.4 Å². The van der Waals surface area contributed by atoms with Crippen molar-refractivity contribution >= 4 is 0 Å². The highest BCUT2D eigenvalue weighted by molar-refractivity contribution is 4.85. The van der Waals surface area contributed by atoms with Crippen LogP contribution in [0.2, 0.25) is 0 Å². The summed E-state index contributed by atoms with van der Waals surface area (Å²) in [5.74, 6) is 0. The summed E-state index contributed by atoms with van der Waals surface area (Å²) < 4.78 is 40.1. The summed E-state index contributed by atoms with van der Waals surface area (Å²) in [4.78, 5) is 0. The van der Waals surface area contributed by atoms with Crippen molar-refractivity contribution < 1.29 is 23.0 Å². The van der Waals surface area contributed by atoms with E-state index in [-0.39, 0.29) is 13.2 Å². The number of ether oxygens (including phenoxy) is 1. The highest BCUT2D eigenvalue weighted by Gasteiger charge is 2.28. The van der Waals surface area contributed by atoms with Crippen LogP contribution >= 0.6 is 0 Å².